The summed E-state index contributed by atoms with van der Waals surface area (Å²) in [6, 6.07) is 28.5. The molecule has 0 amide bonds. The smallest absolute Gasteiger partial charge is 0.0702 e. The molecule has 0 aliphatic carbocycles. The molecule has 0 radical (unpaired) electrons. The standard InChI is InChI=1S/C25H21N/c1-18-8-15-25(26-17-18)23-10-9-19(2)24(16-23)22-13-11-21(12-14-22)20-6-4-3-5-7-20/h3-17H,1-2H3/i1D3. The summed E-state index contributed by atoms with van der Waals surface area (Å²) >= 11 is 0. The Labute approximate surface area is 159 Å². The molecule has 4 aromatic rings. The van der Waals surface area contributed by atoms with Crippen molar-refractivity contribution in [1.82, 2.24) is 4.98 Å². The molecule has 0 saturated carbocycles. The van der Waals surface area contributed by atoms with E-state index < -0.39 is 6.85 Å². The van der Waals surface area contributed by atoms with Crippen molar-refractivity contribution in [3.63, 3.8) is 0 Å². The van der Waals surface area contributed by atoms with Crippen LogP contribution < -0.4 is 0 Å². The van der Waals surface area contributed by atoms with Crippen molar-refractivity contribution >= 4 is 0 Å². The molecule has 0 spiro atoms. The lowest BCUT2D eigenvalue weighted by Gasteiger charge is -2.10. The summed E-state index contributed by atoms with van der Waals surface area (Å²) in [6.07, 6.45) is 1.44. The van der Waals surface area contributed by atoms with Gasteiger partial charge in [0.05, 0.1) is 5.69 Å². The lowest BCUT2D eigenvalue weighted by atomic mass is 9.95. The van der Waals surface area contributed by atoms with E-state index in [0.29, 0.717) is 0 Å². The van der Waals surface area contributed by atoms with Crippen LogP contribution in [0, 0.1) is 13.8 Å². The van der Waals surface area contributed by atoms with Crippen molar-refractivity contribution in [1.29, 1.82) is 0 Å². The number of nitrogens with zero attached hydrogens (tertiary/aromatic N) is 1. The lowest BCUT2D eigenvalue weighted by molar-refractivity contribution is 1.27. The Hall–Kier alpha value is -3.19. The maximum atomic E-state index is 7.50. The van der Waals surface area contributed by atoms with E-state index in [9.17, 15) is 0 Å². The van der Waals surface area contributed by atoms with E-state index in [1.54, 1.807) is 12.1 Å². The number of aryl methyl sites for hydroxylation is 2. The second kappa shape index (κ2) is 6.97. The van der Waals surface area contributed by atoms with E-state index in [2.05, 4.69) is 60.4 Å². The lowest BCUT2D eigenvalue weighted by Crippen LogP contribution is -1.88. The molecule has 0 aliphatic heterocycles. The van der Waals surface area contributed by atoms with Crippen LogP contribution in [0.25, 0.3) is 33.5 Å². The van der Waals surface area contributed by atoms with Gasteiger partial charge in [0.15, 0.2) is 0 Å². The van der Waals surface area contributed by atoms with Crippen LogP contribution in [-0.2, 0) is 0 Å². The van der Waals surface area contributed by atoms with Crippen LogP contribution in [0.1, 0.15) is 15.2 Å². The number of benzene rings is 3. The molecule has 0 atom stereocenters. The summed E-state index contributed by atoms with van der Waals surface area (Å²) in [5.74, 6) is 0. The van der Waals surface area contributed by atoms with Crippen LogP contribution >= 0.6 is 0 Å². The van der Waals surface area contributed by atoms with E-state index in [0.717, 1.165) is 22.4 Å². The predicted octanol–water partition coefficient (Wildman–Crippen LogP) is 6.70. The van der Waals surface area contributed by atoms with Crippen LogP contribution in [0.3, 0.4) is 0 Å². The highest BCUT2D eigenvalue weighted by Gasteiger charge is 2.07. The summed E-state index contributed by atoms with van der Waals surface area (Å²) in [5.41, 5.74) is 7.83. The molecule has 1 aromatic heterocycles. The summed E-state index contributed by atoms with van der Waals surface area (Å²) in [7, 11) is 0. The zero-order valence-corrected chi connectivity index (χ0v) is 14.6. The molecule has 1 nitrogen and oxygen atoms in total. The molecule has 4 rings (SSSR count). The average Bonchev–Trinajstić information content (AvgIpc) is 2.74. The predicted molar refractivity (Wildman–Crippen MR) is 110 cm³/mol. The summed E-state index contributed by atoms with van der Waals surface area (Å²) in [4.78, 5) is 4.37. The number of rotatable bonds is 3. The van der Waals surface area contributed by atoms with Crippen molar-refractivity contribution in [3.8, 4) is 33.5 Å². The molecule has 3 aromatic carbocycles. The van der Waals surface area contributed by atoms with Gasteiger partial charge < -0.3 is 0 Å². The number of hydrogen-bond donors (Lipinski definition) is 0. The minimum atomic E-state index is -2.13. The largest absolute Gasteiger partial charge is 0.256 e. The third-order valence-corrected chi connectivity index (χ3v) is 4.60. The highest BCUT2D eigenvalue weighted by atomic mass is 14.7. The van der Waals surface area contributed by atoms with Crippen LogP contribution in [-0.4, -0.2) is 4.98 Å². The Morgan fingerprint density at radius 1 is 0.692 bits per heavy atom. The zero-order chi connectivity index (χ0) is 20.4. The van der Waals surface area contributed by atoms with Crippen LogP contribution in [0.2, 0.25) is 0 Å². The molecule has 1 heterocycles. The summed E-state index contributed by atoms with van der Waals surface area (Å²) < 4.78 is 22.5. The molecule has 0 bridgehead atoms. The van der Waals surface area contributed by atoms with E-state index in [-0.39, 0.29) is 5.56 Å². The first-order valence-corrected chi connectivity index (χ1v) is 8.65. The summed E-state index contributed by atoms with van der Waals surface area (Å²) in [6.45, 7) is -0.0418. The molecular formula is C25H21N. The van der Waals surface area contributed by atoms with Crippen LogP contribution in [0.5, 0.6) is 0 Å². The maximum absolute atomic E-state index is 7.50. The Bertz CT molecular complexity index is 1110. The first-order valence-electron chi connectivity index (χ1n) is 10.2. The Kier molecular flexibility index (Phi) is 3.50. The van der Waals surface area contributed by atoms with E-state index in [1.807, 2.05) is 24.3 Å². The van der Waals surface area contributed by atoms with Gasteiger partial charge in [-0.25, -0.2) is 0 Å². The number of aromatic nitrogens is 1. The van der Waals surface area contributed by atoms with Crippen molar-refractivity contribution < 1.29 is 4.11 Å². The van der Waals surface area contributed by atoms with Crippen molar-refractivity contribution in [2.24, 2.45) is 0 Å². The van der Waals surface area contributed by atoms with Crippen LogP contribution in [0.4, 0.5) is 0 Å². The first-order chi connectivity index (χ1) is 13.9. The Morgan fingerprint density at radius 2 is 1.38 bits per heavy atom. The van der Waals surface area contributed by atoms with Crippen LogP contribution in [0.15, 0.2) is 91.1 Å². The highest BCUT2D eigenvalue weighted by molar-refractivity contribution is 5.76. The van der Waals surface area contributed by atoms with Gasteiger partial charge in [0.25, 0.3) is 0 Å². The van der Waals surface area contributed by atoms with E-state index >= 15 is 0 Å². The fourth-order valence-electron chi connectivity index (χ4n) is 3.13. The van der Waals surface area contributed by atoms with Crippen molar-refractivity contribution in [2.75, 3.05) is 0 Å². The van der Waals surface area contributed by atoms with E-state index in [1.165, 1.54) is 22.9 Å². The zero-order valence-electron chi connectivity index (χ0n) is 17.6. The normalized spacial score (nSPS) is 12.9. The number of hydrogen-bond acceptors (Lipinski definition) is 1. The quantitative estimate of drug-likeness (QED) is 0.405. The fourth-order valence-corrected chi connectivity index (χ4v) is 3.13. The average molecular weight is 338 g/mol. The van der Waals surface area contributed by atoms with Gasteiger partial charge in [-0.05, 0) is 59.3 Å². The molecule has 0 fully saturated rings. The van der Waals surface area contributed by atoms with Gasteiger partial charge in [-0.15, -0.1) is 0 Å². The minimum Gasteiger partial charge on any atom is -0.256 e. The molecule has 0 aliphatic rings. The molecule has 0 saturated heterocycles. The Balaban J connectivity index is 1.67. The molecule has 0 N–H and O–H groups in total. The first kappa shape index (κ1) is 13.1. The van der Waals surface area contributed by atoms with Gasteiger partial charge >= 0.3 is 0 Å². The minimum absolute atomic E-state index is 0.255. The van der Waals surface area contributed by atoms with Gasteiger partial charge in [-0.3, -0.25) is 4.98 Å². The monoisotopic (exact) mass is 338 g/mol. The fraction of sp³-hybridized carbons (Fsp3) is 0.0800. The molecule has 0 unspecified atom stereocenters. The second-order valence-electron chi connectivity index (χ2n) is 6.41. The van der Waals surface area contributed by atoms with Crippen molar-refractivity contribution in [3.05, 3.63) is 102 Å². The number of pyridine rings is 1. The molecular weight excluding hydrogens is 314 g/mol. The van der Waals surface area contributed by atoms with Gasteiger partial charge in [0.2, 0.25) is 0 Å². The van der Waals surface area contributed by atoms with Gasteiger partial charge in [-0.2, -0.15) is 0 Å². The third-order valence-electron chi connectivity index (χ3n) is 4.60. The van der Waals surface area contributed by atoms with Gasteiger partial charge in [0.1, 0.15) is 0 Å². The van der Waals surface area contributed by atoms with Gasteiger partial charge in [-0.1, -0.05) is 72.8 Å². The topological polar surface area (TPSA) is 12.9 Å². The molecule has 126 valence electrons. The van der Waals surface area contributed by atoms with Gasteiger partial charge in [0, 0.05) is 15.9 Å². The molecule has 1 heteroatoms. The van der Waals surface area contributed by atoms with E-state index in [4.69, 9.17) is 4.11 Å². The highest BCUT2D eigenvalue weighted by Crippen LogP contribution is 2.30. The SMILES string of the molecule is [2H]C([2H])([2H])c1ccc(-c2ccc(C)c(-c3ccc(-c4ccccc4)cc3)c2)nc1. The maximum Gasteiger partial charge on any atom is 0.0702 e. The molecule has 26 heavy (non-hydrogen) atoms. The summed E-state index contributed by atoms with van der Waals surface area (Å²) in [5, 5.41) is 0. The third kappa shape index (κ3) is 3.29. The second-order valence-corrected chi connectivity index (χ2v) is 6.41. The van der Waals surface area contributed by atoms with Crippen molar-refractivity contribution in [2.45, 2.75) is 13.8 Å². The Morgan fingerprint density at radius 3 is 2.08 bits per heavy atom.